The highest BCUT2D eigenvalue weighted by Crippen LogP contribution is 2.22. The van der Waals surface area contributed by atoms with Crippen LogP contribution in [0.1, 0.15) is 24.8 Å². The largest absolute Gasteiger partial charge is 0.349 e. The molecule has 1 atom stereocenters. The highest BCUT2D eigenvalue weighted by Gasteiger charge is 2.30. The SMILES string of the molecule is C=CC(=O)N[C@H]1CCCN(S(=O)(=O)c2ccc(NC(=O)CCc3ccccc3)cc2)C1. The first-order valence-corrected chi connectivity index (χ1v) is 11.7. The average Bonchev–Trinajstić information content (AvgIpc) is 2.79. The van der Waals surface area contributed by atoms with Crippen LogP contribution in [-0.4, -0.2) is 43.7 Å². The Morgan fingerprint density at radius 2 is 1.81 bits per heavy atom. The number of anilines is 1. The second-order valence-corrected chi connectivity index (χ2v) is 9.41. The molecule has 31 heavy (non-hydrogen) atoms. The molecule has 164 valence electrons. The van der Waals surface area contributed by atoms with Crippen molar-refractivity contribution in [2.45, 2.75) is 36.6 Å². The normalized spacial score (nSPS) is 17.0. The molecule has 2 aromatic carbocycles. The van der Waals surface area contributed by atoms with E-state index in [0.29, 0.717) is 31.5 Å². The molecule has 2 amide bonds. The van der Waals surface area contributed by atoms with Crippen molar-refractivity contribution in [3.8, 4) is 0 Å². The van der Waals surface area contributed by atoms with Crippen LogP contribution in [0.5, 0.6) is 0 Å². The summed E-state index contributed by atoms with van der Waals surface area (Å²) in [6, 6.07) is 15.7. The average molecular weight is 442 g/mol. The number of sulfonamides is 1. The lowest BCUT2D eigenvalue weighted by molar-refractivity contribution is -0.117. The van der Waals surface area contributed by atoms with E-state index in [-0.39, 0.29) is 29.3 Å². The maximum absolute atomic E-state index is 13.0. The van der Waals surface area contributed by atoms with Gasteiger partial charge >= 0.3 is 0 Å². The van der Waals surface area contributed by atoms with Crippen molar-refractivity contribution < 1.29 is 18.0 Å². The highest BCUT2D eigenvalue weighted by molar-refractivity contribution is 7.89. The molecule has 0 spiro atoms. The van der Waals surface area contributed by atoms with Crippen molar-refractivity contribution in [2.75, 3.05) is 18.4 Å². The summed E-state index contributed by atoms with van der Waals surface area (Å²) >= 11 is 0. The second kappa shape index (κ2) is 10.4. The fourth-order valence-corrected chi connectivity index (χ4v) is 5.05. The Balaban J connectivity index is 1.58. The van der Waals surface area contributed by atoms with Gasteiger partial charge in [-0.3, -0.25) is 9.59 Å². The quantitative estimate of drug-likeness (QED) is 0.616. The molecule has 7 nitrogen and oxygen atoms in total. The summed E-state index contributed by atoms with van der Waals surface area (Å²) < 4.78 is 27.4. The van der Waals surface area contributed by atoms with Gasteiger partial charge in [-0.1, -0.05) is 36.9 Å². The van der Waals surface area contributed by atoms with Crippen molar-refractivity contribution in [1.82, 2.24) is 9.62 Å². The van der Waals surface area contributed by atoms with E-state index >= 15 is 0 Å². The fourth-order valence-electron chi connectivity index (χ4n) is 3.52. The zero-order valence-corrected chi connectivity index (χ0v) is 18.1. The van der Waals surface area contributed by atoms with Gasteiger partial charge < -0.3 is 10.6 Å². The van der Waals surface area contributed by atoms with Gasteiger partial charge in [0.25, 0.3) is 0 Å². The lowest BCUT2D eigenvalue weighted by atomic mass is 10.1. The van der Waals surface area contributed by atoms with E-state index in [1.807, 2.05) is 30.3 Å². The van der Waals surface area contributed by atoms with E-state index in [2.05, 4.69) is 17.2 Å². The number of aryl methyl sites for hydroxylation is 1. The molecule has 0 saturated carbocycles. The molecule has 1 saturated heterocycles. The minimum absolute atomic E-state index is 0.128. The van der Waals surface area contributed by atoms with Gasteiger partial charge in [0, 0.05) is 31.2 Å². The molecule has 1 fully saturated rings. The van der Waals surface area contributed by atoms with Crippen LogP contribution in [0.2, 0.25) is 0 Å². The summed E-state index contributed by atoms with van der Waals surface area (Å²) in [4.78, 5) is 23.9. The number of nitrogens with zero attached hydrogens (tertiary/aromatic N) is 1. The van der Waals surface area contributed by atoms with Crippen LogP contribution < -0.4 is 10.6 Å². The van der Waals surface area contributed by atoms with Crippen LogP contribution >= 0.6 is 0 Å². The maximum Gasteiger partial charge on any atom is 0.243 e. The van der Waals surface area contributed by atoms with Crippen molar-refractivity contribution in [3.63, 3.8) is 0 Å². The summed E-state index contributed by atoms with van der Waals surface area (Å²) in [7, 11) is -3.69. The zero-order chi connectivity index (χ0) is 22.3. The van der Waals surface area contributed by atoms with Crippen LogP contribution in [0.3, 0.4) is 0 Å². The van der Waals surface area contributed by atoms with Crippen molar-refractivity contribution >= 4 is 27.5 Å². The van der Waals surface area contributed by atoms with Crippen LogP contribution in [0, 0.1) is 0 Å². The molecule has 3 rings (SSSR count). The van der Waals surface area contributed by atoms with Gasteiger partial charge in [-0.05, 0) is 55.2 Å². The smallest absolute Gasteiger partial charge is 0.243 e. The molecule has 0 unspecified atom stereocenters. The molecule has 0 radical (unpaired) electrons. The van der Waals surface area contributed by atoms with Crippen molar-refractivity contribution in [3.05, 3.63) is 72.8 Å². The Kier molecular flexibility index (Phi) is 7.59. The molecule has 0 aliphatic carbocycles. The van der Waals surface area contributed by atoms with Gasteiger partial charge in [-0.25, -0.2) is 8.42 Å². The Morgan fingerprint density at radius 3 is 2.48 bits per heavy atom. The predicted octanol–water partition coefficient (Wildman–Crippen LogP) is 2.71. The van der Waals surface area contributed by atoms with Gasteiger partial charge in [-0.15, -0.1) is 0 Å². The molecule has 2 aromatic rings. The van der Waals surface area contributed by atoms with Crippen LogP contribution in [0.15, 0.2) is 72.1 Å². The van der Waals surface area contributed by atoms with E-state index in [1.165, 1.54) is 22.5 Å². The molecule has 1 aliphatic rings. The van der Waals surface area contributed by atoms with Gasteiger partial charge in [0.1, 0.15) is 0 Å². The van der Waals surface area contributed by atoms with Crippen LogP contribution in [0.4, 0.5) is 5.69 Å². The van der Waals surface area contributed by atoms with E-state index in [0.717, 1.165) is 12.0 Å². The number of amides is 2. The lowest BCUT2D eigenvalue weighted by Gasteiger charge is -2.32. The van der Waals surface area contributed by atoms with E-state index in [1.54, 1.807) is 12.1 Å². The van der Waals surface area contributed by atoms with Gasteiger partial charge in [0.15, 0.2) is 0 Å². The monoisotopic (exact) mass is 441 g/mol. The summed E-state index contributed by atoms with van der Waals surface area (Å²) in [5, 5.41) is 5.57. The lowest BCUT2D eigenvalue weighted by Crippen LogP contribution is -2.49. The molecule has 2 N–H and O–H groups in total. The van der Waals surface area contributed by atoms with E-state index in [4.69, 9.17) is 0 Å². The number of hydrogen-bond acceptors (Lipinski definition) is 4. The number of nitrogens with one attached hydrogen (secondary N) is 2. The topological polar surface area (TPSA) is 95.6 Å². The van der Waals surface area contributed by atoms with E-state index in [9.17, 15) is 18.0 Å². The number of rotatable bonds is 8. The first-order chi connectivity index (χ1) is 14.9. The van der Waals surface area contributed by atoms with E-state index < -0.39 is 10.0 Å². The highest BCUT2D eigenvalue weighted by atomic mass is 32.2. The molecular weight excluding hydrogens is 414 g/mol. The third kappa shape index (κ3) is 6.26. The summed E-state index contributed by atoms with van der Waals surface area (Å²) in [6.07, 6.45) is 3.55. The number of benzene rings is 2. The fraction of sp³-hybridized carbons (Fsp3) is 0.304. The Bertz CT molecular complexity index is 1020. The number of hydrogen-bond donors (Lipinski definition) is 2. The van der Waals surface area contributed by atoms with Gasteiger partial charge in [-0.2, -0.15) is 4.31 Å². The predicted molar refractivity (Wildman–Crippen MR) is 120 cm³/mol. The molecule has 1 aliphatic heterocycles. The van der Waals surface area contributed by atoms with Crippen LogP contribution in [0.25, 0.3) is 0 Å². The van der Waals surface area contributed by atoms with Crippen molar-refractivity contribution in [1.29, 1.82) is 0 Å². The third-order valence-corrected chi connectivity index (χ3v) is 7.05. The first-order valence-electron chi connectivity index (χ1n) is 10.3. The maximum atomic E-state index is 13.0. The molecular formula is C23H27N3O4S. The third-order valence-electron chi connectivity index (χ3n) is 5.18. The molecule has 1 heterocycles. The number of carbonyl (C=O) groups is 2. The minimum atomic E-state index is -3.69. The Hall–Kier alpha value is -2.97. The van der Waals surface area contributed by atoms with Gasteiger partial charge in [0.2, 0.25) is 21.8 Å². The number of carbonyl (C=O) groups excluding carboxylic acids is 2. The first kappa shape index (κ1) is 22.7. The molecule has 8 heteroatoms. The van der Waals surface area contributed by atoms with Gasteiger partial charge in [0.05, 0.1) is 4.90 Å². The number of piperidine rings is 1. The summed E-state index contributed by atoms with van der Waals surface area (Å²) in [5.41, 5.74) is 1.63. The van der Waals surface area contributed by atoms with Crippen LogP contribution in [-0.2, 0) is 26.0 Å². The molecule has 0 bridgehead atoms. The molecule has 0 aromatic heterocycles. The second-order valence-electron chi connectivity index (χ2n) is 7.47. The summed E-state index contributed by atoms with van der Waals surface area (Å²) in [5.74, 6) is -0.437. The zero-order valence-electron chi connectivity index (χ0n) is 17.3. The van der Waals surface area contributed by atoms with Crippen molar-refractivity contribution in [2.24, 2.45) is 0 Å². The standard InChI is InChI=1S/C23H27N3O4S/c1-2-22(27)25-20-9-6-16-26(17-20)31(29,30)21-13-11-19(12-14-21)24-23(28)15-10-18-7-4-3-5-8-18/h2-5,7-8,11-14,20H,1,6,9-10,15-17H2,(H,24,28)(H,25,27)/t20-/m0/s1. The summed E-state index contributed by atoms with van der Waals surface area (Å²) in [6.45, 7) is 4.05. The Morgan fingerprint density at radius 1 is 1.10 bits per heavy atom. The minimum Gasteiger partial charge on any atom is -0.349 e. The Labute approximate surface area is 183 Å².